The van der Waals surface area contributed by atoms with E-state index in [9.17, 15) is 53.2 Å². The quantitative estimate of drug-likeness (QED) is 0.0117. The Morgan fingerprint density at radius 1 is 0.849 bits per heavy atom. The number of thiol groups is 1. The van der Waals surface area contributed by atoms with Gasteiger partial charge in [0.1, 0.15) is 42.4 Å². The number of aromatic amines is 2. The van der Waals surface area contributed by atoms with Crippen LogP contribution < -0.4 is 32.8 Å². The Balaban J connectivity index is 0.914. The number of nitrogens with two attached hydrogens (primary N) is 2. The van der Waals surface area contributed by atoms with E-state index in [0.717, 1.165) is 28.6 Å². The number of hydrogen-bond acceptors (Lipinski definition) is 26. The number of rotatable bonds is 22. The van der Waals surface area contributed by atoms with E-state index >= 15 is 0 Å². The molecule has 4 unspecified atom stereocenters. The molecule has 0 aromatic carbocycles. The normalized spacial score (nSPS) is 30.0. The van der Waals surface area contributed by atoms with Gasteiger partial charge in [0.25, 0.3) is 16.7 Å². The van der Waals surface area contributed by atoms with Crippen LogP contribution >= 0.6 is 46.5 Å². The zero-order chi connectivity index (χ0) is 52.7. The third-order valence-electron chi connectivity index (χ3n) is 11.8. The van der Waals surface area contributed by atoms with Crippen LogP contribution in [-0.2, 0) is 66.8 Å². The molecule has 0 aliphatic carbocycles. The first-order chi connectivity index (χ1) is 34.5. The van der Waals surface area contributed by atoms with Gasteiger partial charge in [-0.1, -0.05) is 12.2 Å². The molecule has 3 aliphatic heterocycles. The highest BCUT2D eigenvalue weighted by Crippen LogP contribution is 2.71. The monoisotopic (exact) mass is 1130 g/mol. The predicted molar refractivity (Wildman–Crippen MR) is 250 cm³/mol. The molecule has 0 bridgehead atoms. The summed E-state index contributed by atoms with van der Waals surface area (Å²) in [5.74, 6) is -1.23. The fourth-order valence-electron chi connectivity index (χ4n) is 8.50. The van der Waals surface area contributed by atoms with Gasteiger partial charge in [-0.25, -0.2) is 38.0 Å². The lowest BCUT2D eigenvalue weighted by Crippen LogP contribution is -2.37. The third kappa shape index (κ3) is 12.0. The number of phosphoric acid groups is 2. The average molecular weight is 1130 g/mol. The Morgan fingerprint density at radius 3 is 2.29 bits per heavy atom. The minimum Gasteiger partial charge on any atom is -0.387 e. The molecule has 8 heterocycles. The largest absolute Gasteiger partial charge is 0.488 e. The molecule has 3 fully saturated rings. The number of nitrogens with zero attached hydrogens (tertiary/aromatic N) is 8. The minimum absolute atomic E-state index is 0.0386. The molecular formula is C35H50N12O21P3S2+. The molecular weight excluding hydrogens is 1080 g/mol. The van der Waals surface area contributed by atoms with E-state index < -0.39 is 125 Å². The highest BCUT2D eigenvalue weighted by Gasteiger charge is 2.52. The van der Waals surface area contributed by atoms with Gasteiger partial charge in [-0.3, -0.25) is 37.7 Å². The SMILES string of the molecule is COCC[C@@H]1[C@@H](COP(=O)(O)OP(=O)(O)OP(=O)(S)OC[C@H]2O[C@@H](n3cnc4c(N)ncnc43)[C@H](OC)[C@@H]2SCOC[C@H]2O[C@@H](n3ccc(=O)[nH]c3=O)[C@H](O)[C@@H]2O)OC(n2c[n+](C)c3c(=O)[nH]c(N)nc32)[C@@H]1O. The summed E-state index contributed by atoms with van der Waals surface area (Å²) >= 11 is 4.85. The molecule has 5 aromatic rings. The molecule has 8 rings (SSSR count). The molecule has 0 amide bonds. The van der Waals surface area contributed by atoms with Crippen molar-refractivity contribution in [2.75, 3.05) is 58.1 Å². The van der Waals surface area contributed by atoms with Gasteiger partial charge in [0, 0.05) is 39.0 Å². The summed E-state index contributed by atoms with van der Waals surface area (Å²) in [6, 6.07) is 1.04. The molecule has 73 heavy (non-hydrogen) atoms. The van der Waals surface area contributed by atoms with Crippen molar-refractivity contribution in [3.05, 3.63) is 62.4 Å². The summed E-state index contributed by atoms with van der Waals surface area (Å²) < 4.78 is 99.4. The van der Waals surface area contributed by atoms with Gasteiger partial charge in [0.05, 0.1) is 56.6 Å². The minimum atomic E-state index is -5.87. The zero-order valence-corrected chi connectivity index (χ0v) is 42.6. The summed E-state index contributed by atoms with van der Waals surface area (Å²) in [4.78, 5) is 78.8. The maximum atomic E-state index is 13.6. The van der Waals surface area contributed by atoms with Crippen molar-refractivity contribution in [1.29, 1.82) is 0 Å². The van der Waals surface area contributed by atoms with E-state index in [4.69, 9.17) is 48.9 Å². The van der Waals surface area contributed by atoms with Gasteiger partial charge in [-0.15, -0.1) is 11.8 Å². The van der Waals surface area contributed by atoms with E-state index in [-0.39, 0.29) is 59.7 Å². The number of anilines is 2. The highest BCUT2D eigenvalue weighted by atomic mass is 32.7. The van der Waals surface area contributed by atoms with Crippen molar-refractivity contribution in [3.63, 3.8) is 0 Å². The van der Waals surface area contributed by atoms with Gasteiger partial charge in [-0.05, 0) is 6.42 Å². The second-order valence-corrected chi connectivity index (χ2v) is 23.7. The molecule has 0 radical (unpaired) electrons. The molecule has 38 heteroatoms. The van der Waals surface area contributed by atoms with E-state index in [2.05, 4.69) is 45.8 Å². The molecule has 0 saturated carbocycles. The zero-order valence-electron chi connectivity index (χ0n) is 38.3. The Hall–Kier alpha value is -4.03. The Labute approximate surface area is 418 Å². The topological polar surface area (TPSA) is 450 Å². The number of thioether (sulfide) groups is 1. The maximum Gasteiger partial charge on any atom is 0.488 e. The van der Waals surface area contributed by atoms with Crippen LogP contribution in [0.25, 0.3) is 22.3 Å². The Kier molecular flexibility index (Phi) is 16.9. The van der Waals surface area contributed by atoms with Gasteiger partial charge >= 0.3 is 33.7 Å². The van der Waals surface area contributed by atoms with E-state index in [1.807, 2.05) is 4.98 Å². The maximum absolute atomic E-state index is 13.6. The summed E-state index contributed by atoms with van der Waals surface area (Å²) in [6.07, 6.45) is -7.45. The lowest BCUT2D eigenvalue weighted by molar-refractivity contribution is -0.646. The first-order valence-electron chi connectivity index (χ1n) is 21.4. The molecule has 5 aromatic heterocycles. The fraction of sp³-hybridized carbons (Fsp3) is 0.600. The molecule has 33 nitrogen and oxygen atoms in total. The number of ether oxygens (including phenoxy) is 6. The number of phosphoric ester groups is 1. The summed E-state index contributed by atoms with van der Waals surface area (Å²) in [5.41, 5.74) is 10.2. The number of methoxy groups -OCH3 is 2. The van der Waals surface area contributed by atoms with Crippen molar-refractivity contribution >= 4 is 80.5 Å². The summed E-state index contributed by atoms with van der Waals surface area (Å²) in [7, 11) is -7.20. The molecule has 11 N–H and O–H groups in total. The second-order valence-electron chi connectivity index (χ2n) is 16.5. The average Bonchev–Trinajstić information content (AvgIpc) is 4.11. The smallest absolute Gasteiger partial charge is 0.387 e. The molecule has 3 aliphatic rings. The number of H-pyrrole nitrogens is 2. The van der Waals surface area contributed by atoms with Crippen molar-refractivity contribution in [3.8, 4) is 0 Å². The van der Waals surface area contributed by atoms with Crippen LogP contribution in [-0.4, -0.2) is 163 Å². The van der Waals surface area contributed by atoms with Crippen LogP contribution in [0.1, 0.15) is 25.1 Å². The van der Waals surface area contributed by atoms with Crippen LogP contribution in [0.5, 0.6) is 0 Å². The fourth-order valence-corrected chi connectivity index (χ4v) is 14.2. The predicted octanol–water partition coefficient (Wildman–Crippen LogP) is -2.07. The molecule has 402 valence electrons. The summed E-state index contributed by atoms with van der Waals surface area (Å²) in [6.45, 7) is -6.85. The van der Waals surface area contributed by atoms with Crippen LogP contribution in [0.4, 0.5) is 11.8 Å². The lowest BCUT2D eigenvalue weighted by Gasteiger charge is -2.24. The molecule has 0 spiro atoms. The third-order valence-corrected chi connectivity index (χ3v) is 18.3. The van der Waals surface area contributed by atoms with Crippen LogP contribution in [0, 0.1) is 5.92 Å². The Morgan fingerprint density at radius 2 is 1.56 bits per heavy atom. The van der Waals surface area contributed by atoms with Crippen LogP contribution in [0.2, 0.25) is 0 Å². The van der Waals surface area contributed by atoms with E-state index in [1.54, 1.807) is 0 Å². The van der Waals surface area contributed by atoms with Crippen LogP contribution in [0.3, 0.4) is 0 Å². The standard InChI is InChI=1S/C35H49N12O21P3S2/c1-44-13-47(29-21(44)30(52)43-34(37)42-29)31-22(49)15(5-7-59-2)16(64-31)9-62-69(54,55)67-70(56,57)68-71(58,72)63-10-18-26(25(60-3)33(66-18)46-12-40-20-27(36)38-11-39-28(20)46)73-14-61-8-17-23(50)24(51)32(65-17)45-6-4-19(48)41-35(45)53/h4,6,11-13,15-18,22-26,31-33,49-51H,5,7-10,14H2,1-3H3,(H8-,36,37,38,39,41,42,43,48,52,53,54,55,56,57,58,72)/p+1/t15-,16-,17-,18-,22-,23-,24-,25-,26-,31?,32-,33-,71?/m1/s1. The number of aromatic nitrogens is 10. The number of aliphatic hydroxyl groups excluding tert-OH is 3. The number of imidazole rings is 2. The van der Waals surface area contributed by atoms with Gasteiger partial charge < -0.3 is 65.0 Å². The summed E-state index contributed by atoms with van der Waals surface area (Å²) in [5, 5.41) is 31.9. The molecule has 3 saturated heterocycles. The number of fused-ring (bicyclic) bond motifs is 2. The van der Waals surface area contributed by atoms with E-state index in [0.29, 0.717) is 0 Å². The first kappa shape index (κ1) is 55.2. The lowest BCUT2D eigenvalue weighted by atomic mass is 9.95. The second kappa shape index (κ2) is 22.3. The number of nitrogen functional groups attached to an aromatic ring is 2. The van der Waals surface area contributed by atoms with Crippen molar-refractivity contribution in [2.24, 2.45) is 13.0 Å². The van der Waals surface area contributed by atoms with Crippen molar-refractivity contribution < 1.29 is 89.5 Å². The first-order valence-corrected chi connectivity index (χ1v) is 28.2. The number of aliphatic hydroxyl groups is 3. The van der Waals surface area contributed by atoms with Gasteiger partial charge in [0.15, 0.2) is 23.9 Å². The number of nitrogens with one attached hydrogen (secondary N) is 2. The van der Waals surface area contributed by atoms with Crippen molar-refractivity contribution in [2.45, 2.75) is 73.1 Å². The van der Waals surface area contributed by atoms with Gasteiger partial charge in [-0.2, -0.15) is 18.2 Å². The van der Waals surface area contributed by atoms with Crippen LogP contribution in [0.15, 0.2) is 45.6 Å². The number of aryl methyl sites for hydroxylation is 1. The Bertz CT molecular complexity index is 3130. The highest BCUT2D eigenvalue weighted by molar-refractivity contribution is 8.45. The molecule has 15 atom stereocenters. The van der Waals surface area contributed by atoms with E-state index in [1.165, 1.54) is 54.0 Å². The van der Waals surface area contributed by atoms with Crippen molar-refractivity contribution in [1.82, 2.24) is 43.6 Å². The van der Waals surface area contributed by atoms with Gasteiger partial charge in [0.2, 0.25) is 18.5 Å². The number of hydrogen-bond donors (Lipinski definition) is 10.